The highest BCUT2D eigenvalue weighted by atomic mass is 16.3. The molecule has 0 saturated carbocycles. The van der Waals surface area contributed by atoms with Crippen LogP contribution in [0.1, 0.15) is 30.0 Å². The molecule has 0 saturated heterocycles. The second kappa shape index (κ2) is 5.92. The molecule has 0 N–H and O–H groups in total. The van der Waals surface area contributed by atoms with Gasteiger partial charge in [-0.05, 0) is 29.2 Å². The SMILES string of the molecule is CCCc1ccc2c(c1)oc1c(Cc3ccccc3)cccc12. The highest BCUT2D eigenvalue weighted by molar-refractivity contribution is 6.06. The zero-order chi connectivity index (χ0) is 15.6. The van der Waals surface area contributed by atoms with Crippen LogP contribution in [0.15, 0.2) is 71.1 Å². The monoisotopic (exact) mass is 300 g/mol. The molecule has 1 heteroatoms. The van der Waals surface area contributed by atoms with E-state index in [0.29, 0.717) is 0 Å². The molecule has 3 aromatic carbocycles. The predicted octanol–water partition coefficient (Wildman–Crippen LogP) is 6.13. The molecule has 0 atom stereocenters. The lowest BCUT2D eigenvalue weighted by Crippen LogP contribution is -1.87. The summed E-state index contributed by atoms with van der Waals surface area (Å²) in [7, 11) is 0. The van der Waals surface area contributed by atoms with Crippen LogP contribution in [0.2, 0.25) is 0 Å². The number of hydrogen-bond donors (Lipinski definition) is 0. The van der Waals surface area contributed by atoms with Gasteiger partial charge in [0.25, 0.3) is 0 Å². The van der Waals surface area contributed by atoms with Crippen LogP contribution in [0.3, 0.4) is 0 Å². The maximum absolute atomic E-state index is 6.24. The summed E-state index contributed by atoms with van der Waals surface area (Å²) in [6.07, 6.45) is 3.16. The Morgan fingerprint density at radius 3 is 2.48 bits per heavy atom. The normalized spacial score (nSPS) is 11.3. The Bertz CT molecular complexity index is 948. The Kier molecular flexibility index (Phi) is 3.63. The molecule has 1 aromatic heterocycles. The van der Waals surface area contributed by atoms with Gasteiger partial charge in [-0.2, -0.15) is 0 Å². The Balaban J connectivity index is 1.84. The maximum atomic E-state index is 6.24. The third-order valence-corrected chi connectivity index (χ3v) is 4.42. The number of rotatable bonds is 4. The molecule has 0 bridgehead atoms. The highest BCUT2D eigenvalue weighted by Gasteiger charge is 2.11. The van der Waals surface area contributed by atoms with Crippen molar-refractivity contribution in [3.05, 3.63) is 83.4 Å². The largest absolute Gasteiger partial charge is 0.456 e. The van der Waals surface area contributed by atoms with E-state index in [1.54, 1.807) is 0 Å². The minimum atomic E-state index is 0.903. The topological polar surface area (TPSA) is 13.1 Å². The average Bonchev–Trinajstić information content (AvgIpc) is 2.95. The van der Waals surface area contributed by atoms with Gasteiger partial charge in [0.1, 0.15) is 11.2 Å². The third-order valence-electron chi connectivity index (χ3n) is 4.42. The molecule has 0 aliphatic carbocycles. The number of benzene rings is 3. The fourth-order valence-electron chi connectivity index (χ4n) is 3.30. The number of aryl methyl sites for hydroxylation is 1. The first-order chi connectivity index (χ1) is 11.3. The minimum Gasteiger partial charge on any atom is -0.456 e. The quantitative estimate of drug-likeness (QED) is 0.442. The molecule has 0 radical (unpaired) electrons. The van der Waals surface area contributed by atoms with Gasteiger partial charge >= 0.3 is 0 Å². The molecule has 0 aliphatic rings. The van der Waals surface area contributed by atoms with Crippen molar-refractivity contribution < 1.29 is 4.42 Å². The summed E-state index contributed by atoms with van der Waals surface area (Å²) in [5.41, 5.74) is 5.95. The Morgan fingerprint density at radius 2 is 1.65 bits per heavy atom. The van der Waals surface area contributed by atoms with Crippen LogP contribution in [0.4, 0.5) is 0 Å². The van der Waals surface area contributed by atoms with E-state index in [-0.39, 0.29) is 0 Å². The van der Waals surface area contributed by atoms with Crippen molar-refractivity contribution in [2.24, 2.45) is 0 Å². The molecule has 1 nitrogen and oxygen atoms in total. The van der Waals surface area contributed by atoms with Crippen molar-refractivity contribution >= 4 is 21.9 Å². The van der Waals surface area contributed by atoms with Gasteiger partial charge in [0.2, 0.25) is 0 Å². The van der Waals surface area contributed by atoms with E-state index in [0.717, 1.165) is 30.4 Å². The Hall–Kier alpha value is -2.54. The first-order valence-corrected chi connectivity index (χ1v) is 8.32. The molecule has 4 aromatic rings. The molecule has 4 rings (SSSR count). The average molecular weight is 300 g/mol. The molecule has 23 heavy (non-hydrogen) atoms. The van der Waals surface area contributed by atoms with E-state index in [2.05, 4.69) is 73.7 Å². The number of fused-ring (bicyclic) bond motifs is 3. The van der Waals surface area contributed by atoms with E-state index in [1.807, 2.05) is 0 Å². The van der Waals surface area contributed by atoms with Gasteiger partial charge in [-0.3, -0.25) is 0 Å². The van der Waals surface area contributed by atoms with Crippen molar-refractivity contribution in [2.45, 2.75) is 26.2 Å². The Morgan fingerprint density at radius 1 is 0.783 bits per heavy atom. The zero-order valence-corrected chi connectivity index (χ0v) is 13.4. The van der Waals surface area contributed by atoms with E-state index >= 15 is 0 Å². The lowest BCUT2D eigenvalue weighted by Gasteiger charge is -2.02. The van der Waals surface area contributed by atoms with Crippen molar-refractivity contribution in [1.82, 2.24) is 0 Å². The maximum Gasteiger partial charge on any atom is 0.138 e. The van der Waals surface area contributed by atoms with E-state index in [4.69, 9.17) is 4.42 Å². The summed E-state index contributed by atoms with van der Waals surface area (Å²) in [6.45, 7) is 2.21. The summed E-state index contributed by atoms with van der Waals surface area (Å²) in [6, 6.07) is 23.7. The zero-order valence-electron chi connectivity index (χ0n) is 13.4. The third kappa shape index (κ3) is 2.63. The second-order valence-corrected chi connectivity index (χ2v) is 6.14. The molecular formula is C22H20O. The van der Waals surface area contributed by atoms with Crippen molar-refractivity contribution in [3.63, 3.8) is 0 Å². The molecule has 1 heterocycles. The van der Waals surface area contributed by atoms with Gasteiger partial charge in [0, 0.05) is 17.2 Å². The summed E-state index contributed by atoms with van der Waals surface area (Å²) in [5, 5.41) is 2.44. The predicted molar refractivity (Wildman–Crippen MR) is 97.0 cm³/mol. The number of furan rings is 1. The highest BCUT2D eigenvalue weighted by Crippen LogP contribution is 2.32. The molecule has 0 aliphatic heterocycles. The van der Waals surface area contributed by atoms with Gasteiger partial charge < -0.3 is 4.42 Å². The number of para-hydroxylation sites is 1. The first kappa shape index (κ1) is 14.1. The Labute approximate surface area is 136 Å². The van der Waals surface area contributed by atoms with Crippen LogP contribution in [-0.4, -0.2) is 0 Å². The summed E-state index contributed by atoms with van der Waals surface area (Å²) >= 11 is 0. The van der Waals surface area contributed by atoms with Crippen LogP contribution in [0.25, 0.3) is 21.9 Å². The smallest absolute Gasteiger partial charge is 0.138 e. The minimum absolute atomic E-state index is 0.903. The van der Waals surface area contributed by atoms with E-state index < -0.39 is 0 Å². The van der Waals surface area contributed by atoms with Crippen LogP contribution in [0.5, 0.6) is 0 Å². The summed E-state index contributed by atoms with van der Waals surface area (Å²) in [4.78, 5) is 0. The van der Waals surface area contributed by atoms with Gasteiger partial charge in [-0.15, -0.1) is 0 Å². The van der Waals surface area contributed by atoms with Gasteiger partial charge in [-0.1, -0.05) is 74.0 Å². The lowest BCUT2D eigenvalue weighted by atomic mass is 10.0. The second-order valence-electron chi connectivity index (χ2n) is 6.14. The lowest BCUT2D eigenvalue weighted by molar-refractivity contribution is 0.663. The van der Waals surface area contributed by atoms with Gasteiger partial charge in [0.05, 0.1) is 0 Å². The molecule has 114 valence electrons. The molecule has 0 fully saturated rings. The van der Waals surface area contributed by atoms with Gasteiger partial charge in [-0.25, -0.2) is 0 Å². The summed E-state index contributed by atoms with van der Waals surface area (Å²) in [5.74, 6) is 0. The van der Waals surface area contributed by atoms with Crippen molar-refractivity contribution in [1.29, 1.82) is 0 Å². The van der Waals surface area contributed by atoms with Crippen molar-refractivity contribution in [2.75, 3.05) is 0 Å². The van der Waals surface area contributed by atoms with E-state index in [1.165, 1.54) is 27.5 Å². The molecule has 0 spiro atoms. The number of hydrogen-bond acceptors (Lipinski definition) is 1. The van der Waals surface area contributed by atoms with Crippen LogP contribution < -0.4 is 0 Å². The molecule has 0 unspecified atom stereocenters. The summed E-state index contributed by atoms with van der Waals surface area (Å²) < 4.78 is 6.24. The molecular weight excluding hydrogens is 280 g/mol. The van der Waals surface area contributed by atoms with Gasteiger partial charge in [0.15, 0.2) is 0 Å². The van der Waals surface area contributed by atoms with Crippen LogP contribution in [-0.2, 0) is 12.8 Å². The fraction of sp³-hybridized carbons (Fsp3) is 0.182. The van der Waals surface area contributed by atoms with Crippen LogP contribution in [0, 0.1) is 0 Å². The fourth-order valence-corrected chi connectivity index (χ4v) is 3.30. The van der Waals surface area contributed by atoms with Crippen molar-refractivity contribution in [3.8, 4) is 0 Å². The molecule has 0 amide bonds. The standard InChI is InChI=1S/C22H20O/c1-2-7-16-12-13-19-20-11-6-10-18(22(20)23-21(19)15-16)14-17-8-4-3-5-9-17/h3-6,8-13,15H,2,7,14H2,1H3. The first-order valence-electron chi connectivity index (χ1n) is 8.32. The van der Waals surface area contributed by atoms with E-state index in [9.17, 15) is 0 Å². The van der Waals surface area contributed by atoms with Crippen LogP contribution >= 0.6 is 0 Å².